The zero-order valence-electron chi connectivity index (χ0n) is 7.39. The second kappa shape index (κ2) is 3.59. The van der Waals surface area contributed by atoms with E-state index in [9.17, 15) is 21.9 Å². The maximum atomic E-state index is 10.7. The van der Waals surface area contributed by atoms with Crippen molar-refractivity contribution >= 4 is 20.2 Å². The van der Waals surface area contributed by atoms with Crippen molar-refractivity contribution in [3.05, 3.63) is 12.1 Å². The van der Waals surface area contributed by atoms with Gasteiger partial charge in [0.1, 0.15) is 15.5 Å². The molecule has 0 spiro atoms. The summed E-state index contributed by atoms with van der Waals surface area (Å²) in [6, 6.07) is 0.860. The smallest absolute Gasteiger partial charge is 0.298 e. The first-order valence-electron chi connectivity index (χ1n) is 3.54. The first-order valence-corrected chi connectivity index (χ1v) is 6.42. The van der Waals surface area contributed by atoms with Crippen molar-refractivity contribution in [1.82, 2.24) is 0 Å². The molecule has 0 heterocycles. The fourth-order valence-corrected chi connectivity index (χ4v) is 2.27. The summed E-state index contributed by atoms with van der Waals surface area (Å²) in [7, 11) is -9.85. The van der Waals surface area contributed by atoms with E-state index in [4.69, 9.17) is 14.2 Å². The van der Waals surface area contributed by atoms with Gasteiger partial charge in [-0.15, -0.1) is 0 Å². The molecule has 0 amide bonds. The molecule has 10 heteroatoms. The van der Waals surface area contributed by atoms with E-state index >= 15 is 0 Å². The molecular formula is C6H6O8S2. The van der Waals surface area contributed by atoms with Crippen molar-refractivity contribution in [2.45, 2.75) is 9.79 Å². The molecule has 0 bridgehead atoms. The lowest BCUT2D eigenvalue weighted by atomic mass is 10.3. The van der Waals surface area contributed by atoms with Gasteiger partial charge < -0.3 is 10.2 Å². The molecule has 0 saturated carbocycles. The summed E-state index contributed by atoms with van der Waals surface area (Å²) in [5.74, 6) is -2.24. The van der Waals surface area contributed by atoms with E-state index in [1.807, 2.05) is 0 Å². The number of rotatable bonds is 2. The van der Waals surface area contributed by atoms with Gasteiger partial charge in [0.2, 0.25) is 0 Å². The first kappa shape index (κ1) is 12.7. The van der Waals surface area contributed by atoms with Crippen molar-refractivity contribution in [3.63, 3.8) is 0 Å². The Labute approximate surface area is 90.3 Å². The Bertz CT molecular complexity index is 573. The third kappa shape index (κ3) is 2.41. The quantitative estimate of drug-likeness (QED) is 0.418. The van der Waals surface area contributed by atoms with Gasteiger partial charge in [-0.3, -0.25) is 9.11 Å². The van der Waals surface area contributed by atoms with Crippen LogP contribution in [0.5, 0.6) is 11.5 Å². The molecule has 0 unspecified atom stereocenters. The Kier molecular flexibility index (Phi) is 2.85. The van der Waals surface area contributed by atoms with Gasteiger partial charge in [0, 0.05) is 12.1 Å². The third-order valence-corrected chi connectivity index (χ3v) is 3.31. The Balaban J connectivity index is 3.78. The highest BCUT2D eigenvalue weighted by molar-refractivity contribution is 7.86. The van der Waals surface area contributed by atoms with Gasteiger partial charge in [0.15, 0.2) is 5.75 Å². The molecule has 0 aliphatic heterocycles. The molecule has 16 heavy (non-hydrogen) atoms. The highest BCUT2D eigenvalue weighted by Crippen LogP contribution is 2.33. The molecule has 0 aromatic heterocycles. The molecule has 8 nitrogen and oxygen atoms in total. The second-order valence-electron chi connectivity index (χ2n) is 2.74. The van der Waals surface area contributed by atoms with Gasteiger partial charge >= 0.3 is 0 Å². The SMILES string of the molecule is O=S(=O)(O)c1cc(O)cc(S(=O)(=O)O)c1O. The van der Waals surface area contributed by atoms with E-state index < -0.39 is 41.5 Å². The van der Waals surface area contributed by atoms with Gasteiger partial charge in [-0.05, 0) is 0 Å². The lowest BCUT2D eigenvalue weighted by Gasteiger charge is -2.06. The zero-order chi connectivity index (χ0) is 12.7. The van der Waals surface area contributed by atoms with Crippen molar-refractivity contribution in [2.75, 3.05) is 0 Å². The van der Waals surface area contributed by atoms with Crippen LogP contribution in [0.25, 0.3) is 0 Å². The van der Waals surface area contributed by atoms with E-state index in [1.165, 1.54) is 0 Å². The number of aromatic hydroxyl groups is 2. The normalized spacial score (nSPS) is 12.6. The third-order valence-electron chi connectivity index (χ3n) is 1.58. The molecule has 0 aliphatic rings. The maximum absolute atomic E-state index is 10.7. The molecule has 4 N–H and O–H groups in total. The molecule has 0 aliphatic carbocycles. The predicted molar refractivity (Wildman–Crippen MR) is 49.4 cm³/mol. The van der Waals surface area contributed by atoms with Crippen LogP contribution in [0.15, 0.2) is 21.9 Å². The lowest BCUT2D eigenvalue weighted by Crippen LogP contribution is -2.04. The number of phenolic OH excluding ortho intramolecular Hbond substituents is 2. The molecule has 1 aromatic rings. The summed E-state index contributed by atoms with van der Waals surface area (Å²) >= 11 is 0. The van der Waals surface area contributed by atoms with Gasteiger partial charge in [-0.25, -0.2) is 0 Å². The van der Waals surface area contributed by atoms with Gasteiger partial charge in [-0.1, -0.05) is 0 Å². The molecule has 1 rings (SSSR count). The van der Waals surface area contributed by atoms with Crippen LogP contribution < -0.4 is 0 Å². The van der Waals surface area contributed by atoms with Gasteiger partial charge in [0.05, 0.1) is 0 Å². The number of hydrogen-bond donors (Lipinski definition) is 4. The zero-order valence-corrected chi connectivity index (χ0v) is 9.03. The predicted octanol–water partition coefficient (Wildman–Crippen LogP) is -0.409. The van der Waals surface area contributed by atoms with Crippen molar-refractivity contribution < 1.29 is 36.2 Å². The minimum Gasteiger partial charge on any atom is -0.508 e. The van der Waals surface area contributed by atoms with Crippen LogP contribution in [0.3, 0.4) is 0 Å². The monoisotopic (exact) mass is 270 g/mol. The van der Waals surface area contributed by atoms with Crippen LogP contribution in [0, 0.1) is 0 Å². The highest BCUT2D eigenvalue weighted by atomic mass is 32.2. The lowest BCUT2D eigenvalue weighted by molar-refractivity contribution is 0.412. The summed E-state index contributed by atoms with van der Waals surface area (Å²) in [5.41, 5.74) is 0. The van der Waals surface area contributed by atoms with Gasteiger partial charge in [-0.2, -0.15) is 16.8 Å². The molecule has 90 valence electrons. The van der Waals surface area contributed by atoms with Crippen molar-refractivity contribution in [3.8, 4) is 11.5 Å². The Hall–Kier alpha value is -1.36. The van der Waals surface area contributed by atoms with E-state index in [1.54, 1.807) is 0 Å². The average molecular weight is 270 g/mol. The Morgan fingerprint density at radius 1 is 0.812 bits per heavy atom. The molecule has 0 fully saturated rings. The number of phenols is 2. The largest absolute Gasteiger partial charge is 0.508 e. The fourth-order valence-electron chi connectivity index (χ4n) is 0.962. The maximum Gasteiger partial charge on any atom is 0.298 e. The van der Waals surface area contributed by atoms with E-state index in [0.29, 0.717) is 12.1 Å². The molecule has 1 aromatic carbocycles. The van der Waals surface area contributed by atoms with Crippen LogP contribution in [0.1, 0.15) is 0 Å². The molecule has 0 saturated heterocycles. The van der Waals surface area contributed by atoms with E-state index in [2.05, 4.69) is 0 Å². The van der Waals surface area contributed by atoms with Crippen LogP contribution in [0.2, 0.25) is 0 Å². The first-order chi connectivity index (χ1) is 7.03. The number of benzene rings is 1. The molecule has 0 radical (unpaired) electrons. The minimum absolute atomic E-state index is 0.430. The van der Waals surface area contributed by atoms with Crippen LogP contribution >= 0.6 is 0 Å². The Morgan fingerprint density at radius 2 is 1.12 bits per heavy atom. The summed E-state index contributed by atoms with van der Waals surface area (Å²) in [5, 5.41) is 18.2. The minimum atomic E-state index is -4.92. The number of hydrogen-bond acceptors (Lipinski definition) is 6. The summed E-state index contributed by atoms with van der Waals surface area (Å²) in [4.78, 5) is -2.44. The summed E-state index contributed by atoms with van der Waals surface area (Å²) in [6.07, 6.45) is 0. The van der Waals surface area contributed by atoms with E-state index in [0.717, 1.165) is 0 Å². The molecule has 0 atom stereocenters. The second-order valence-corrected chi connectivity index (χ2v) is 5.52. The fraction of sp³-hybridized carbons (Fsp3) is 0. The van der Waals surface area contributed by atoms with Gasteiger partial charge in [0.25, 0.3) is 20.2 Å². The van der Waals surface area contributed by atoms with Crippen molar-refractivity contribution in [2.24, 2.45) is 0 Å². The van der Waals surface area contributed by atoms with Crippen molar-refractivity contribution in [1.29, 1.82) is 0 Å². The van der Waals surface area contributed by atoms with Crippen LogP contribution in [0.4, 0.5) is 0 Å². The highest BCUT2D eigenvalue weighted by Gasteiger charge is 2.25. The average Bonchev–Trinajstić information content (AvgIpc) is 2.04. The summed E-state index contributed by atoms with van der Waals surface area (Å²) < 4.78 is 60.0. The van der Waals surface area contributed by atoms with E-state index in [-0.39, 0.29) is 0 Å². The van der Waals surface area contributed by atoms with Crippen LogP contribution in [-0.2, 0) is 20.2 Å². The Morgan fingerprint density at radius 3 is 1.38 bits per heavy atom. The standard InChI is InChI=1S/C6H6O8S2/c7-3-1-4(15(9,10)11)6(8)5(2-3)16(12,13)14/h1-2,7-8H,(H,9,10,11)(H,12,13,14). The topological polar surface area (TPSA) is 149 Å². The summed E-state index contributed by atoms with van der Waals surface area (Å²) in [6.45, 7) is 0. The molecular weight excluding hydrogens is 264 g/mol. The van der Waals surface area contributed by atoms with Crippen LogP contribution in [-0.4, -0.2) is 36.2 Å².